The topological polar surface area (TPSA) is 82.0 Å². The van der Waals surface area contributed by atoms with Gasteiger partial charge in [-0.15, -0.1) is 0 Å². The Hall–Kier alpha value is -2.19. The van der Waals surface area contributed by atoms with Crippen molar-refractivity contribution in [3.63, 3.8) is 0 Å². The number of hydrogen-bond donors (Lipinski definition) is 3. The number of aliphatic hydroxyl groups is 1. The summed E-state index contributed by atoms with van der Waals surface area (Å²) >= 11 is 5.95. The van der Waals surface area contributed by atoms with Crippen LogP contribution in [0.5, 0.6) is 5.75 Å². The number of carbonyl (C=O) groups is 1. The normalized spacial score (nSPS) is 17.1. The Balaban J connectivity index is 1.43. The SMILES string of the molecule is C[C@](O)(CNC1CCN(Cc2ccc(Cl)cc2)CC1)COc1cc(F)ccc1CC(=O)O. The van der Waals surface area contributed by atoms with Gasteiger partial charge in [-0.05, 0) is 56.6 Å². The molecule has 0 radical (unpaired) electrons. The molecule has 174 valence electrons. The minimum Gasteiger partial charge on any atom is -0.490 e. The number of rotatable bonds is 10. The van der Waals surface area contributed by atoms with E-state index in [9.17, 15) is 14.3 Å². The number of nitrogens with one attached hydrogen (secondary N) is 1. The van der Waals surface area contributed by atoms with E-state index >= 15 is 0 Å². The first-order valence-electron chi connectivity index (χ1n) is 10.8. The Kier molecular flexibility index (Phi) is 8.48. The highest BCUT2D eigenvalue weighted by Gasteiger charge is 2.26. The minimum absolute atomic E-state index is 0.0779. The molecule has 0 bridgehead atoms. The Labute approximate surface area is 193 Å². The number of ether oxygens (including phenoxy) is 1. The van der Waals surface area contributed by atoms with Crippen LogP contribution in [-0.4, -0.2) is 59.0 Å². The largest absolute Gasteiger partial charge is 0.490 e. The van der Waals surface area contributed by atoms with E-state index in [1.54, 1.807) is 6.92 Å². The molecule has 1 aliphatic rings. The van der Waals surface area contributed by atoms with E-state index in [4.69, 9.17) is 21.4 Å². The fourth-order valence-electron chi connectivity index (χ4n) is 3.76. The summed E-state index contributed by atoms with van der Waals surface area (Å²) in [5.41, 5.74) is 0.420. The lowest BCUT2D eigenvalue weighted by Gasteiger charge is -2.34. The Morgan fingerprint density at radius 3 is 2.59 bits per heavy atom. The number of carboxylic acids is 1. The minimum atomic E-state index is -1.19. The third-order valence-corrected chi connectivity index (χ3v) is 5.84. The lowest BCUT2D eigenvalue weighted by atomic mass is 10.0. The predicted octanol–water partition coefficient (Wildman–Crippen LogP) is 3.49. The molecule has 0 saturated carbocycles. The monoisotopic (exact) mass is 464 g/mol. The zero-order chi connectivity index (χ0) is 23.1. The van der Waals surface area contributed by atoms with Gasteiger partial charge in [0.15, 0.2) is 0 Å². The molecule has 2 aromatic carbocycles. The zero-order valence-corrected chi connectivity index (χ0v) is 18.9. The molecule has 0 aromatic heterocycles. The van der Waals surface area contributed by atoms with E-state index in [-0.39, 0.29) is 18.8 Å². The molecule has 1 saturated heterocycles. The van der Waals surface area contributed by atoms with Crippen molar-refractivity contribution in [2.24, 2.45) is 0 Å². The predicted molar refractivity (Wildman–Crippen MR) is 122 cm³/mol. The summed E-state index contributed by atoms with van der Waals surface area (Å²) in [5, 5.41) is 23.9. The first kappa shape index (κ1) is 24.5. The molecule has 6 nitrogen and oxygen atoms in total. The number of carboxylic acid groups (broad SMARTS) is 1. The number of piperidine rings is 1. The number of halogens is 2. The van der Waals surface area contributed by atoms with E-state index in [2.05, 4.69) is 10.2 Å². The molecule has 1 fully saturated rings. The van der Waals surface area contributed by atoms with Crippen LogP contribution in [0.25, 0.3) is 0 Å². The van der Waals surface area contributed by atoms with Gasteiger partial charge in [0.25, 0.3) is 0 Å². The first-order valence-corrected chi connectivity index (χ1v) is 11.1. The van der Waals surface area contributed by atoms with Gasteiger partial charge in [0.05, 0.1) is 6.42 Å². The third-order valence-electron chi connectivity index (χ3n) is 5.59. The quantitative estimate of drug-likeness (QED) is 0.499. The molecule has 0 spiro atoms. The highest BCUT2D eigenvalue weighted by atomic mass is 35.5. The van der Waals surface area contributed by atoms with Crippen molar-refractivity contribution in [2.45, 2.75) is 44.4 Å². The van der Waals surface area contributed by atoms with Crippen molar-refractivity contribution in [1.29, 1.82) is 0 Å². The maximum absolute atomic E-state index is 13.6. The van der Waals surface area contributed by atoms with Crippen LogP contribution in [0.1, 0.15) is 30.9 Å². The van der Waals surface area contributed by atoms with Crippen molar-refractivity contribution in [3.05, 3.63) is 64.4 Å². The van der Waals surface area contributed by atoms with Gasteiger partial charge in [0.2, 0.25) is 0 Å². The van der Waals surface area contributed by atoms with Gasteiger partial charge in [0, 0.05) is 35.8 Å². The van der Waals surface area contributed by atoms with Gasteiger partial charge in [0.1, 0.15) is 23.8 Å². The van der Waals surface area contributed by atoms with Crippen LogP contribution in [0.2, 0.25) is 5.02 Å². The smallest absolute Gasteiger partial charge is 0.307 e. The summed E-state index contributed by atoms with van der Waals surface area (Å²) in [7, 11) is 0. The van der Waals surface area contributed by atoms with E-state index < -0.39 is 17.4 Å². The Morgan fingerprint density at radius 1 is 1.25 bits per heavy atom. The molecule has 1 heterocycles. The van der Waals surface area contributed by atoms with Crippen molar-refractivity contribution < 1.29 is 24.1 Å². The van der Waals surface area contributed by atoms with Gasteiger partial charge in [-0.1, -0.05) is 29.8 Å². The van der Waals surface area contributed by atoms with Crippen LogP contribution >= 0.6 is 11.6 Å². The second kappa shape index (κ2) is 11.1. The van der Waals surface area contributed by atoms with Crippen LogP contribution < -0.4 is 10.1 Å². The van der Waals surface area contributed by atoms with E-state index in [1.807, 2.05) is 24.3 Å². The maximum Gasteiger partial charge on any atom is 0.307 e. The van der Waals surface area contributed by atoms with Gasteiger partial charge in [-0.2, -0.15) is 0 Å². The summed E-state index contributed by atoms with van der Waals surface area (Å²) in [4.78, 5) is 13.4. The molecule has 3 rings (SSSR count). The van der Waals surface area contributed by atoms with Crippen molar-refractivity contribution in [3.8, 4) is 5.75 Å². The van der Waals surface area contributed by atoms with Gasteiger partial charge < -0.3 is 20.3 Å². The molecule has 1 atom stereocenters. The highest BCUT2D eigenvalue weighted by molar-refractivity contribution is 6.30. The van der Waals surface area contributed by atoms with Crippen LogP contribution in [0, 0.1) is 5.82 Å². The molecular formula is C24H30ClFN2O4. The van der Waals surface area contributed by atoms with Gasteiger partial charge in [-0.25, -0.2) is 4.39 Å². The summed E-state index contributed by atoms with van der Waals surface area (Å²) in [6.45, 7) is 4.69. The summed E-state index contributed by atoms with van der Waals surface area (Å²) in [6, 6.07) is 11.9. The molecule has 0 unspecified atom stereocenters. The van der Waals surface area contributed by atoms with Crippen LogP contribution in [-0.2, 0) is 17.8 Å². The molecule has 1 aliphatic heterocycles. The molecule has 8 heteroatoms. The number of hydrogen-bond acceptors (Lipinski definition) is 5. The standard InChI is InChI=1S/C24H30ClFN2O4/c1-24(31,16-32-22-13-20(26)7-4-18(22)12-23(29)30)15-27-21-8-10-28(11-9-21)14-17-2-5-19(25)6-3-17/h2-7,13,21,27,31H,8-12,14-16H2,1H3,(H,29,30)/t24-/m0/s1. The Morgan fingerprint density at radius 2 is 1.94 bits per heavy atom. The number of benzene rings is 2. The molecular weight excluding hydrogens is 435 g/mol. The van der Waals surface area contributed by atoms with Crippen LogP contribution in [0.4, 0.5) is 4.39 Å². The van der Waals surface area contributed by atoms with Crippen molar-refractivity contribution in [1.82, 2.24) is 10.2 Å². The molecule has 0 aliphatic carbocycles. The summed E-state index contributed by atoms with van der Waals surface area (Å²) < 4.78 is 19.2. The fourth-order valence-corrected chi connectivity index (χ4v) is 3.89. The number of nitrogens with zero attached hydrogens (tertiary/aromatic N) is 1. The number of aliphatic carboxylic acids is 1. The van der Waals surface area contributed by atoms with Crippen molar-refractivity contribution in [2.75, 3.05) is 26.2 Å². The summed E-state index contributed by atoms with van der Waals surface area (Å²) in [6.07, 6.45) is 1.67. The second-order valence-corrected chi connectivity index (χ2v) is 9.10. The maximum atomic E-state index is 13.6. The molecule has 32 heavy (non-hydrogen) atoms. The van der Waals surface area contributed by atoms with Crippen LogP contribution in [0.3, 0.4) is 0 Å². The van der Waals surface area contributed by atoms with E-state index in [0.717, 1.165) is 43.6 Å². The summed E-state index contributed by atoms with van der Waals surface area (Å²) in [5.74, 6) is -1.40. The lowest BCUT2D eigenvalue weighted by molar-refractivity contribution is -0.136. The van der Waals surface area contributed by atoms with E-state index in [0.29, 0.717) is 18.2 Å². The second-order valence-electron chi connectivity index (χ2n) is 8.67. The van der Waals surface area contributed by atoms with Gasteiger partial charge >= 0.3 is 5.97 Å². The average Bonchev–Trinajstić information content (AvgIpc) is 2.75. The van der Waals surface area contributed by atoms with Gasteiger partial charge in [-0.3, -0.25) is 9.69 Å². The first-order chi connectivity index (χ1) is 15.2. The Bertz CT molecular complexity index is 899. The van der Waals surface area contributed by atoms with E-state index in [1.165, 1.54) is 17.7 Å². The molecule has 2 aromatic rings. The van der Waals surface area contributed by atoms with Crippen LogP contribution in [0.15, 0.2) is 42.5 Å². The fraction of sp³-hybridized carbons (Fsp3) is 0.458. The average molecular weight is 465 g/mol. The highest BCUT2D eigenvalue weighted by Crippen LogP contribution is 2.22. The number of likely N-dealkylation sites (tertiary alicyclic amines) is 1. The zero-order valence-electron chi connectivity index (χ0n) is 18.2. The molecule has 0 amide bonds. The lowest BCUT2D eigenvalue weighted by Crippen LogP contribution is -2.49. The molecule has 3 N–H and O–H groups in total. The van der Waals surface area contributed by atoms with Crippen molar-refractivity contribution >= 4 is 17.6 Å². The third kappa shape index (κ3) is 7.74.